The first-order valence-corrected chi connectivity index (χ1v) is 9.69. The van der Waals surface area contributed by atoms with Crippen molar-refractivity contribution in [1.29, 1.82) is 0 Å². The molecular weight excluding hydrogens is 340 g/mol. The van der Waals surface area contributed by atoms with Crippen LogP contribution in [0.15, 0.2) is 29.3 Å². The zero-order valence-corrected chi connectivity index (χ0v) is 17.5. The van der Waals surface area contributed by atoms with Gasteiger partial charge in [0.2, 0.25) is 0 Å². The highest BCUT2D eigenvalue weighted by molar-refractivity contribution is 5.80. The molecule has 150 valence electrons. The second kappa shape index (κ2) is 9.11. The van der Waals surface area contributed by atoms with Gasteiger partial charge in [-0.15, -0.1) is 0 Å². The number of nitrogens with zero attached hydrogens (tertiary/aromatic N) is 2. The van der Waals surface area contributed by atoms with E-state index >= 15 is 0 Å². The average molecular weight is 375 g/mol. The maximum absolute atomic E-state index is 12.0. The van der Waals surface area contributed by atoms with E-state index in [2.05, 4.69) is 58.6 Å². The summed E-state index contributed by atoms with van der Waals surface area (Å²) in [6.07, 6.45) is 0.526. The van der Waals surface area contributed by atoms with E-state index in [4.69, 9.17) is 4.74 Å². The lowest BCUT2D eigenvalue weighted by atomic mass is 10.0. The van der Waals surface area contributed by atoms with Crippen LogP contribution in [0.4, 0.5) is 4.79 Å². The summed E-state index contributed by atoms with van der Waals surface area (Å²) in [6, 6.07) is 8.73. The molecule has 1 aromatic rings. The Morgan fingerprint density at radius 1 is 1.33 bits per heavy atom. The number of alkyl carbamates (subject to hydrolysis) is 1. The highest BCUT2D eigenvalue weighted by Gasteiger charge is 2.28. The number of amides is 1. The van der Waals surface area contributed by atoms with E-state index < -0.39 is 5.60 Å². The summed E-state index contributed by atoms with van der Waals surface area (Å²) < 4.78 is 5.34. The van der Waals surface area contributed by atoms with Gasteiger partial charge in [-0.3, -0.25) is 4.99 Å². The summed E-state index contributed by atoms with van der Waals surface area (Å²) in [7, 11) is 1.80. The molecule has 2 N–H and O–H groups in total. The van der Waals surface area contributed by atoms with Crippen molar-refractivity contribution < 1.29 is 9.53 Å². The van der Waals surface area contributed by atoms with Crippen LogP contribution in [0.5, 0.6) is 0 Å². The van der Waals surface area contributed by atoms with Crippen molar-refractivity contribution in [1.82, 2.24) is 15.5 Å². The smallest absolute Gasteiger partial charge is 0.407 e. The van der Waals surface area contributed by atoms with Gasteiger partial charge in [0.25, 0.3) is 0 Å². The van der Waals surface area contributed by atoms with E-state index in [-0.39, 0.29) is 12.1 Å². The van der Waals surface area contributed by atoms with Crippen molar-refractivity contribution in [2.45, 2.75) is 58.6 Å². The standard InChI is InChI=1S/C21H34N4O2/c1-15-7-9-17(10-8-15)16(2)13-23-19(22-6)25-12-11-18(14-25)24-20(26)27-21(3,4)5/h7-10,16,18H,11-14H2,1-6H3,(H,22,23)(H,24,26). The van der Waals surface area contributed by atoms with Gasteiger partial charge in [-0.1, -0.05) is 36.8 Å². The number of nitrogens with one attached hydrogen (secondary N) is 2. The molecule has 0 aromatic heterocycles. The molecule has 0 aliphatic carbocycles. The lowest BCUT2D eigenvalue weighted by Gasteiger charge is -2.24. The van der Waals surface area contributed by atoms with E-state index in [9.17, 15) is 4.79 Å². The molecule has 2 atom stereocenters. The minimum Gasteiger partial charge on any atom is -0.444 e. The van der Waals surface area contributed by atoms with Gasteiger partial charge in [-0.25, -0.2) is 4.79 Å². The first-order valence-electron chi connectivity index (χ1n) is 9.69. The third-order valence-electron chi connectivity index (χ3n) is 4.63. The van der Waals surface area contributed by atoms with E-state index in [1.54, 1.807) is 7.05 Å². The molecule has 6 heteroatoms. The van der Waals surface area contributed by atoms with Crippen LogP contribution < -0.4 is 10.6 Å². The molecule has 2 rings (SSSR count). The fourth-order valence-corrected chi connectivity index (χ4v) is 3.13. The first-order chi connectivity index (χ1) is 12.7. The molecule has 0 radical (unpaired) electrons. The number of carbonyl (C=O) groups excluding carboxylic acids is 1. The van der Waals surface area contributed by atoms with Crippen molar-refractivity contribution in [3.8, 4) is 0 Å². The molecule has 1 aliphatic rings. The Kier molecular flexibility index (Phi) is 7.11. The zero-order valence-electron chi connectivity index (χ0n) is 17.5. The summed E-state index contributed by atoms with van der Waals surface area (Å²) in [5, 5.41) is 6.42. The second-order valence-corrected chi connectivity index (χ2v) is 8.32. The fourth-order valence-electron chi connectivity index (χ4n) is 3.13. The number of aryl methyl sites for hydroxylation is 1. The van der Waals surface area contributed by atoms with Gasteiger partial charge in [-0.05, 0) is 45.6 Å². The summed E-state index contributed by atoms with van der Waals surface area (Å²) in [4.78, 5) is 18.6. The molecule has 1 aliphatic heterocycles. The van der Waals surface area contributed by atoms with Crippen LogP contribution in [-0.2, 0) is 4.74 Å². The third kappa shape index (κ3) is 6.77. The summed E-state index contributed by atoms with van der Waals surface area (Å²) in [6.45, 7) is 12.3. The number of rotatable bonds is 4. The second-order valence-electron chi connectivity index (χ2n) is 8.32. The number of ether oxygens (including phenoxy) is 1. The van der Waals surface area contributed by atoms with Gasteiger partial charge in [0.15, 0.2) is 5.96 Å². The van der Waals surface area contributed by atoms with Crippen molar-refractivity contribution in [2.75, 3.05) is 26.7 Å². The molecule has 1 fully saturated rings. The topological polar surface area (TPSA) is 66.0 Å². The minimum absolute atomic E-state index is 0.0768. The van der Waals surface area contributed by atoms with Gasteiger partial charge in [0.05, 0.1) is 6.04 Å². The van der Waals surface area contributed by atoms with Crippen molar-refractivity contribution in [2.24, 2.45) is 4.99 Å². The Hall–Kier alpha value is -2.24. The molecule has 1 heterocycles. The maximum atomic E-state index is 12.0. The Morgan fingerprint density at radius 2 is 2.00 bits per heavy atom. The number of guanidine groups is 1. The van der Waals surface area contributed by atoms with Crippen LogP contribution in [-0.4, -0.2) is 55.3 Å². The van der Waals surface area contributed by atoms with Gasteiger partial charge in [0.1, 0.15) is 5.60 Å². The molecule has 1 aromatic carbocycles. The lowest BCUT2D eigenvalue weighted by Crippen LogP contribution is -2.44. The van der Waals surface area contributed by atoms with Crippen LogP contribution in [0.1, 0.15) is 51.2 Å². The summed E-state index contributed by atoms with van der Waals surface area (Å²) in [5.74, 6) is 1.27. The lowest BCUT2D eigenvalue weighted by molar-refractivity contribution is 0.0507. The molecule has 6 nitrogen and oxygen atoms in total. The summed E-state index contributed by atoms with van der Waals surface area (Å²) in [5.41, 5.74) is 2.11. The van der Waals surface area contributed by atoms with Gasteiger partial charge < -0.3 is 20.3 Å². The van der Waals surface area contributed by atoms with Crippen LogP contribution >= 0.6 is 0 Å². The average Bonchev–Trinajstić information content (AvgIpc) is 3.02. The zero-order chi connectivity index (χ0) is 20.0. The first kappa shape index (κ1) is 21.1. The third-order valence-corrected chi connectivity index (χ3v) is 4.63. The quantitative estimate of drug-likeness (QED) is 0.627. The molecule has 0 saturated carbocycles. The highest BCUT2D eigenvalue weighted by atomic mass is 16.6. The van der Waals surface area contributed by atoms with Gasteiger partial charge in [0, 0.05) is 26.7 Å². The Bertz CT molecular complexity index is 649. The minimum atomic E-state index is -0.480. The van der Waals surface area contributed by atoms with Crippen molar-refractivity contribution in [3.63, 3.8) is 0 Å². The number of carbonyl (C=O) groups is 1. The predicted octanol–water partition coefficient (Wildman–Crippen LogP) is 3.27. The number of aliphatic imine (C=N–C) groups is 1. The summed E-state index contributed by atoms with van der Waals surface area (Å²) >= 11 is 0. The van der Waals surface area contributed by atoms with E-state index in [0.717, 1.165) is 32.0 Å². The number of hydrogen-bond acceptors (Lipinski definition) is 3. The number of hydrogen-bond donors (Lipinski definition) is 2. The van der Waals surface area contributed by atoms with Crippen molar-refractivity contribution >= 4 is 12.1 Å². The Morgan fingerprint density at radius 3 is 2.59 bits per heavy atom. The van der Waals surface area contributed by atoms with E-state index in [1.165, 1.54) is 11.1 Å². The Labute approximate surface area is 163 Å². The normalized spacial score (nSPS) is 19.0. The largest absolute Gasteiger partial charge is 0.444 e. The van der Waals surface area contributed by atoms with Crippen LogP contribution in [0.3, 0.4) is 0 Å². The molecule has 2 unspecified atom stereocenters. The molecule has 1 saturated heterocycles. The van der Waals surface area contributed by atoms with E-state index in [0.29, 0.717) is 5.92 Å². The molecular formula is C21H34N4O2. The van der Waals surface area contributed by atoms with Crippen LogP contribution in [0.25, 0.3) is 0 Å². The van der Waals surface area contributed by atoms with Gasteiger partial charge in [-0.2, -0.15) is 0 Å². The van der Waals surface area contributed by atoms with Crippen LogP contribution in [0.2, 0.25) is 0 Å². The predicted molar refractivity (Wildman–Crippen MR) is 110 cm³/mol. The fraction of sp³-hybridized carbons (Fsp3) is 0.619. The maximum Gasteiger partial charge on any atom is 0.407 e. The van der Waals surface area contributed by atoms with Crippen LogP contribution in [0, 0.1) is 6.92 Å². The Balaban J connectivity index is 1.82. The van der Waals surface area contributed by atoms with Gasteiger partial charge >= 0.3 is 6.09 Å². The highest BCUT2D eigenvalue weighted by Crippen LogP contribution is 2.16. The number of likely N-dealkylation sites (tertiary alicyclic amines) is 1. The molecule has 0 bridgehead atoms. The van der Waals surface area contributed by atoms with E-state index in [1.807, 2.05) is 20.8 Å². The number of benzene rings is 1. The molecule has 0 spiro atoms. The molecule has 1 amide bonds. The monoisotopic (exact) mass is 374 g/mol. The SMILES string of the molecule is CN=C(NCC(C)c1ccc(C)cc1)N1CCC(NC(=O)OC(C)(C)C)C1. The van der Waals surface area contributed by atoms with Crippen molar-refractivity contribution in [3.05, 3.63) is 35.4 Å². The molecule has 27 heavy (non-hydrogen) atoms.